The van der Waals surface area contributed by atoms with Crippen LogP contribution in [-0.2, 0) is 14.8 Å². The molecule has 2 fully saturated rings. The van der Waals surface area contributed by atoms with Crippen molar-refractivity contribution in [2.24, 2.45) is 0 Å². The lowest BCUT2D eigenvalue weighted by Gasteiger charge is -2.41. The topological polar surface area (TPSA) is 157 Å². The monoisotopic (exact) mass is 430 g/mol. The Hall–Kier alpha value is -1.76. The largest absolute Gasteiger partial charge is 0.490 e. The number of nitrogens with zero attached hydrogens (tertiary/aromatic N) is 1. The molecule has 10 nitrogen and oxygen atoms in total. The zero-order chi connectivity index (χ0) is 21.2. The lowest BCUT2D eigenvalue weighted by atomic mass is 9.96. The van der Waals surface area contributed by atoms with Crippen LogP contribution in [0.1, 0.15) is 32.1 Å². The maximum absolute atomic E-state index is 13.0. The lowest BCUT2D eigenvalue weighted by Crippen LogP contribution is -2.66. The molecule has 0 spiro atoms. The third kappa shape index (κ3) is 4.55. The minimum atomic E-state index is -4.33. The predicted octanol–water partition coefficient (Wildman–Crippen LogP) is -0.641. The Kier molecular flexibility index (Phi) is 6.76. The van der Waals surface area contributed by atoms with Crippen molar-refractivity contribution >= 4 is 15.9 Å². The summed E-state index contributed by atoms with van der Waals surface area (Å²) in [5, 5.41) is 38.7. The van der Waals surface area contributed by atoms with Gasteiger partial charge in [0.15, 0.2) is 0 Å². The summed E-state index contributed by atoms with van der Waals surface area (Å²) in [6.45, 7) is -0.626. The van der Waals surface area contributed by atoms with Crippen LogP contribution in [0, 0.1) is 0 Å². The second-order valence-corrected chi connectivity index (χ2v) is 9.28. The molecule has 1 saturated heterocycles. The first-order chi connectivity index (χ1) is 13.8. The normalized spacial score (nSPS) is 29.4. The summed E-state index contributed by atoms with van der Waals surface area (Å²) in [5.41, 5.74) is 1.29. The molecule has 1 saturated carbocycles. The van der Waals surface area contributed by atoms with Gasteiger partial charge in [-0.2, -0.15) is 4.31 Å². The van der Waals surface area contributed by atoms with E-state index in [1.54, 1.807) is 0 Å². The highest BCUT2D eigenvalue weighted by Crippen LogP contribution is 2.29. The van der Waals surface area contributed by atoms with Gasteiger partial charge in [0, 0.05) is 6.54 Å². The number of aliphatic hydroxyl groups is 3. The molecular weight excluding hydrogens is 404 g/mol. The van der Waals surface area contributed by atoms with E-state index in [0.29, 0.717) is 10.1 Å². The van der Waals surface area contributed by atoms with Crippen LogP contribution in [0.15, 0.2) is 29.2 Å². The van der Waals surface area contributed by atoms with E-state index in [1.165, 1.54) is 36.2 Å². The Labute approximate surface area is 168 Å². The molecule has 3 rings (SSSR count). The van der Waals surface area contributed by atoms with Crippen molar-refractivity contribution in [3.63, 3.8) is 0 Å². The van der Waals surface area contributed by atoms with E-state index < -0.39 is 46.8 Å². The van der Waals surface area contributed by atoms with Gasteiger partial charge in [-0.1, -0.05) is 6.42 Å². The van der Waals surface area contributed by atoms with Gasteiger partial charge >= 0.3 is 0 Å². The lowest BCUT2D eigenvalue weighted by molar-refractivity contribution is -0.154. The molecule has 1 heterocycles. The summed E-state index contributed by atoms with van der Waals surface area (Å²) in [6, 6.07) is 3.83. The number of nitrogens with one attached hydrogen (secondary N) is 1. The molecule has 29 heavy (non-hydrogen) atoms. The summed E-state index contributed by atoms with van der Waals surface area (Å²) in [7, 11) is -4.33. The molecule has 1 amide bonds. The van der Waals surface area contributed by atoms with Crippen LogP contribution in [0.3, 0.4) is 0 Å². The van der Waals surface area contributed by atoms with E-state index in [0.717, 1.165) is 25.7 Å². The first-order valence-corrected chi connectivity index (χ1v) is 11.0. The Morgan fingerprint density at radius 2 is 1.66 bits per heavy atom. The summed E-state index contributed by atoms with van der Waals surface area (Å²) < 4.78 is 32.5. The Morgan fingerprint density at radius 1 is 1.03 bits per heavy atom. The highest BCUT2D eigenvalue weighted by molar-refractivity contribution is 7.89. The number of benzene rings is 1. The van der Waals surface area contributed by atoms with E-state index in [4.69, 9.17) is 9.94 Å². The fourth-order valence-corrected chi connectivity index (χ4v) is 5.41. The Balaban J connectivity index is 1.83. The van der Waals surface area contributed by atoms with Crippen LogP contribution >= 0.6 is 0 Å². The second kappa shape index (κ2) is 8.94. The zero-order valence-corrected chi connectivity index (χ0v) is 16.5. The van der Waals surface area contributed by atoms with Gasteiger partial charge in [0.25, 0.3) is 5.91 Å². The molecule has 1 aromatic rings. The molecule has 2 aliphatic rings. The van der Waals surface area contributed by atoms with E-state index >= 15 is 0 Å². The molecule has 0 aromatic heterocycles. The minimum Gasteiger partial charge on any atom is -0.490 e. The maximum atomic E-state index is 13.0. The number of ether oxygens (including phenoxy) is 1. The summed E-state index contributed by atoms with van der Waals surface area (Å²) in [6.07, 6.45) is 0.0995. The van der Waals surface area contributed by atoms with Crippen LogP contribution in [-0.4, -0.2) is 76.2 Å². The number of carbonyl (C=O) groups excluding carboxylic acids is 1. The number of carbonyl (C=O) groups is 1. The standard InChI is InChI=1S/C18H26N2O8S/c21-14-10-20(15(18(24)19-25)17(23)16(14)22)29(26,27)13-8-6-12(7-9-13)28-11-4-2-1-3-5-11/h6-9,11,14-17,21-23,25H,1-5,10H2,(H,19,24)/t14-,15+,16+,17+/m0/s1. The number of hydrogen-bond donors (Lipinski definition) is 5. The van der Waals surface area contributed by atoms with Gasteiger partial charge < -0.3 is 20.1 Å². The average Bonchev–Trinajstić information content (AvgIpc) is 2.72. The molecule has 162 valence electrons. The molecule has 5 N–H and O–H groups in total. The van der Waals surface area contributed by atoms with Crippen molar-refractivity contribution in [2.45, 2.75) is 67.5 Å². The summed E-state index contributed by atoms with van der Waals surface area (Å²) >= 11 is 0. The van der Waals surface area contributed by atoms with Gasteiger partial charge in [-0.15, -0.1) is 0 Å². The molecule has 1 aliphatic carbocycles. The molecular formula is C18H26N2O8S. The molecule has 0 bridgehead atoms. The molecule has 0 unspecified atom stereocenters. The van der Waals surface area contributed by atoms with Crippen LogP contribution < -0.4 is 10.2 Å². The van der Waals surface area contributed by atoms with Crippen molar-refractivity contribution < 1.29 is 38.5 Å². The van der Waals surface area contributed by atoms with E-state index in [-0.39, 0.29) is 11.0 Å². The van der Waals surface area contributed by atoms with Crippen molar-refractivity contribution in [3.05, 3.63) is 24.3 Å². The number of aliphatic hydroxyl groups excluding tert-OH is 3. The van der Waals surface area contributed by atoms with Gasteiger partial charge in [-0.25, -0.2) is 13.9 Å². The number of hydrogen-bond acceptors (Lipinski definition) is 8. The van der Waals surface area contributed by atoms with Crippen molar-refractivity contribution in [1.82, 2.24) is 9.79 Å². The fraction of sp³-hybridized carbons (Fsp3) is 0.611. The van der Waals surface area contributed by atoms with E-state index in [2.05, 4.69) is 0 Å². The van der Waals surface area contributed by atoms with Crippen LogP contribution in [0.4, 0.5) is 0 Å². The molecule has 1 aromatic carbocycles. The smallest absolute Gasteiger partial charge is 0.264 e. The Morgan fingerprint density at radius 3 is 2.24 bits per heavy atom. The molecule has 0 radical (unpaired) electrons. The van der Waals surface area contributed by atoms with E-state index in [1.807, 2.05) is 0 Å². The quantitative estimate of drug-likeness (QED) is 0.305. The molecule has 1 aliphatic heterocycles. The summed E-state index contributed by atoms with van der Waals surface area (Å²) in [5.74, 6) is -0.695. The third-order valence-electron chi connectivity index (χ3n) is 5.41. The number of amides is 1. The highest BCUT2D eigenvalue weighted by atomic mass is 32.2. The van der Waals surface area contributed by atoms with Gasteiger partial charge in [0.05, 0.1) is 17.1 Å². The number of rotatable bonds is 5. The van der Waals surface area contributed by atoms with Gasteiger partial charge in [-0.05, 0) is 49.9 Å². The van der Waals surface area contributed by atoms with Crippen LogP contribution in [0.2, 0.25) is 0 Å². The number of piperidine rings is 1. The zero-order valence-electron chi connectivity index (χ0n) is 15.7. The van der Waals surface area contributed by atoms with Crippen LogP contribution in [0.5, 0.6) is 5.75 Å². The number of β-amino-alcohol motifs (C(OH)–C–C–N with tert-alkyl or cyclic N) is 1. The minimum absolute atomic E-state index is 0.0951. The predicted molar refractivity (Wildman–Crippen MR) is 99.6 cm³/mol. The van der Waals surface area contributed by atoms with Crippen molar-refractivity contribution in [2.75, 3.05) is 6.54 Å². The third-order valence-corrected chi connectivity index (χ3v) is 7.27. The second-order valence-electron chi connectivity index (χ2n) is 7.39. The van der Waals surface area contributed by atoms with Gasteiger partial charge in [0.2, 0.25) is 10.0 Å². The Bertz CT molecular complexity index is 810. The maximum Gasteiger partial charge on any atom is 0.264 e. The fourth-order valence-electron chi connectivity index (χ4n) is 3.79. The van der Waals surface area contributed by atoms with Crippen LogP contribution in [0.25, 0.3) is 0 Å². The number of hydroxylamine groups is 1. The SMILES string of the molecule is O=C(NO)[C@H]1[C@@H](O)[C@H](O)[C@@H](O)CN1S(=O)(=O)c1ccc(OC2CCCCC2)cc1. The molecule has 11 heteroatoms. The van der Waals surface area contributed by atoms with Crippen molar-refractivity contribution in [1.29, 1.82) is 0 Å². The average molecular weight is 430 g/mol. The van der Waals surface area contributed by atoms with E-state index in [9.17, 15) is 28.5 Å². The van der Waals surface area contributed by atoms with Crippen molar-refractivity contribution in [3.8, 4) is 5.75 Å². The molecule has 4 atom stereocenters. The van der Waals surface area contributed by atoms with Gasteiger partial charge in [-0.3, -0.25) is 10.0 Å². The first kappa shape index (κ1) is 21.9. The highest BCUT2D eigenvalue weighted by Gasteiger charge is 2.50. The number of sulfonamides is 1. The summed E-state index contributed by atoms with van der Waals surface area (Å²) in [4.78, 5) is 11.8. The van der Waals surface area contributed by atoms with Gasteiger partial charge in [0.1, 0.15) is 24.0 Å². The first-order valence-electron chi connectivity index (χ1n) is 9.52.